The number of rotatable bonds is 12. The Balaban J connectivity index is 1.15. The van der Waals surface area contributed by atoms with Crippen LogP contribution in [0, 0.1) is 5.82 Å². The number of carbonyl (C=O) groups is 1. The summed E-state index contributed by atoms with van der Waals surface area (Å²) >= 11 is 0. The molecule has 2 heterocycles. The molecule has 0 saturated heterocycles. The lowest BCUT2D eigenvalue weighted by molar-refractivity contribution is 0.0945. The predicted molar refractivity (Wildman–Crippen MR) is 163 cm³/mol. The van der Waals surface area contributed by atoms with Gasteiger partial charge in [0.25, 0.3) is 5.91 Å². The van der Waals surface area contributed by atoms with Crippen LogP contribution in [-0.4, -0.2) is 27.3 Å². The van der Waals surface area contributed by atoms with Crippen molar-refractivity contribution < 1.29 is 18.3 Å². The van der Waals surface area contributed by atoms with Crippen LogP contribution in [0.1, 0.15) is 33.1 Å². The normalized spacial score (nSPS) is 11.2. The zero-order valence-electron chi connectivity index (χ0n) is 23.5. The Morgan fingerprint density at radius 2 is 1.67 bits per heavy atom. The van der Waals surface area contributed by atoms with E-state index in [1.807, 2.05) is 60.7 Å². The number of aromatic nitrogens is 2. The number of para-hydroxylation sites is 2. The first-order chi connectivity index (χ1) is 21.1. The molecule has 8 heteroatoms. The van der Waals surface area contributed by atoms with Crippen LogP contribution in [-0.2, 0) is 26.1 Å². The summed E-state index contributed by atoms with van der Waals surface area (Å²) in [5, 5.41) is 4.02. The molecule has 0 bridgehead atoms. The van der Waals surface area contributed by atoms with Gasteiger partial charge >= 0.3 is 0 Å². The van der Waals surface area contributed by atoms with Crippen LogP contribution in [0.5, 0.6) is 11.5 Å². The number of halogens is 1. The number of benzene rings is 4. The third kappa shape index (κ3) is 7.36. The van der Waals surface area contributed by atoms with Gasteiger partial charge in [0.1, 0.15) is 23.6 Å². The summed E-state index contributed by atoms with van der Waals surface area (Å²) in [5.41, 5.74) is 4.41. The number of hydrogen-bond acceptors (Lipinski definition) is 5. The number of hydrogen-bond donors (Lipinski definition) is 2. The fourth-order valence-corrected chi connectivity index (χ4v) is 4.98. The lowest BCUT2D eigenvalue weighted by Crippen LogP contribution is -2.26. The second-order valence-corrected chi connectivity index (χ2v) is 10.3. The number of carbonyl (C=O) groups excluding carboxylic acids is 1. The van der Waals surface area contributed by atoms with E-state index in [0.29, 0.717) is 19.0 Å². The first-order valence-corrected chi connectivity index (χ1v) is 14.2. The van der Waals surface area contributed by atoms with E-state index in [1.54, 1.807) is 12.1 Å². The second-order valence-electron chi connectivity index (χ2n) is 10.3. The van der Waals surface area contributed by atoms with Crippen molar-refractivity contribution in [3.05, 3.63) is 150 Å². The Hall–Kier alpha value is -5.21. The lowest BCUT2D eigenvalue weighted by Gasteiger charge is -2.21. The van der Waals surface area contributed by atoms with Gasteiger partial charge in [0.15, 0.2) is 5.69 Å². The van der Waals surface area contributed by atoms with Crippen molar-refractivity contribution in [1.29, 1.82) is 0 Å². The van der Waals surface area contributed by atoms with Gasteiger partial charge in [-0.25, -0.2) is 9.37 Å². The van der Waals surface area contributed by atoms with Crippen molar-refractivity contribution in [3.8, 4) is 11.5 Å². The first kappa shape index (κ1) is 27.9. The van der Waals surface area contributed by atoms with Gasteiger partial charge in [-0.1, -0.05) is 60.7 Å². The van der Waals surface area contributed by atoms with Crippen molar-refractivity contribution >= 4 is 16.8 Å². The molecule has 0 radical (unpaired) electrons. The first-order valence-electron chi connectivity index (χ1n) is 14.2. The Morgan fingerprint density at radius 3 is 2.53 bits per heavy atom. The fourth-order valence-electron chi connectivity index (χ4n) is 4.98. The lowest BCUT2D eigenvalue weighted by atomic mass is 10.1. The van der Waals surface area contributed by atoms with Gasteiger partial charge in [-0.05, 0) is 65.6 Å². The molecule has 0 fully saturated rings. The van der Waals surface area contributed by atoms with E-state index < -0.39 is 0 Å². The van der Waals surface area contributed by atoms with Crippen LogP contribution >= 0.6 is 0 Å². The van der Waals surface area contributed by atoms with Gasteiger partial charge in [0.05, 0.1) is 6.54 Å². The largest absolute Gasteiger partial charge is 0.457 e. The van der Waals surface area contributed by atoms with Gasteiger partial charge in [0.2, 0.25) is 5.89 Å². The van der Waals surface area contributed by atoms with E-state index >= 15 is 0 Å². The molecule has 0 spiro atoms. The highest BCUT2D eigenvalue weighted by molar-refractivity contribution is 5.91. The van der Waals surface area contributed by atoms with Crippen LogP contribution < -0.4 is 10.1 Å². The van der Waals surface area contributed by atoms with Gasteiger partial charge in [-0.3, -0.25) is 9.69 Å². The molecule has 6 aromatic rings. The Labute approximate surface area is 249 Å². The third-order valence-corrected chi connectivity index (χ3v) is 7.17. The summed E-state index contributed by atoms with van der Waals surface area (Å²) in [6.07, 6.45) is 4.25. The molecule has 0 saturated carbocycles. The fraction of sp³-hybridized carbons (Fsp3) is 0.143. The summed E-state index contributed by atoms with van der Waals surface area (Å²) in [4.78, 5) is 22.8. The molecular formula is C35H31FN4O3. The smallest absolute Gasteiger partial charge is 0.273 e. The Bertz CT molecular complexity index is 1800. The molecule has 6 rings (SSSR count). The van der Waals surface area contributed by atoms with E-state index in [4.69, 9.17) is 9.15 Å². The summed E-state index contributed by atoms with van der Waals surface area (Å²) in [6, 6.07) is 32.0. The van der Waals surface area contributed by atoms with Crippen molar-refractivity contribution in [3.63, 3.8) is 0 Å². The maximum atomic E-state index is 13.2. The van der Waals surface area contributed by atoms with Crippen molar-refractivity contribution in [2.45, 2.75) is 26.1 Å². The molecule has 4 aromatic carbocycles. The van der Waals surface area contributed by atoms with E-state index in [-0.39, 0.29) is 24.0 Å². The van der Waals surface area contributed by atoms with Gasteiger partial charge in [-0.15, -0.1) is 0 Å². The highest BCUT2D eigenvalue weighted by atomic mass is 19.1. The van der Waals surface area contributed by atoms with E-state index in [1.165, 1.54) is 29.3 Å². The summed E-state index contributed by atoms with van der Waals surface area (Å²) in [6.45, 7) is 2.04. The highest BCUT2D eigenvalue weighted by Crippen LogP contribution is 2.24. The van der Waals surface area contributed by atoms with Crippen LogP contribution in [0.2, 0.25) is 0 Å². The molecule has 7 nitrogen and oxygen atoms in total. The van der Waals surface area contributed by atoms with Crippen molar-refractivity contribution in [2.24, 2.45) is 0 Å². The summed E-state index contributed by atoms with van der Waals surface area (Å²) in [7, 11) is 0. The van der Waals surface area contributed by atoms with Crippen molar-refractivity contribution in [1.82, 2.24) is 20.2 Å². The SMILES string of the molecule is O=C(NCc1ccc(F)cc1)c1coc(CN(CCc2c[nH]c3ccccc23)Cc2cccc(Oc3ccccc3)c2)n1. The van der Waals surface area contributed by atoms with Crippen LogP contribution in [0.4, 0.5) is 4.39 Å². The molecule has 0 unspecified atom stereocenters. The second kappa shape index (κ2) is 13.2. The molecule has 2 N–H and O–H groups in total. The predicted octanol–water partition coefficient (Wildman–Crippen LogP) is 7.26. The van der Waals surface area contributed by atoms with Gasteiger partial charge in [-0.2, -0.15) is 0 Å². The number of oxazole rings is 1. The molecule has 43 heavy (non-hydrogen) atoms. The summed E-state index contributed by atoms with van der Waals surface area (Å²) < 4.78 is 25.0. The molecule has 0 aliphatic carbocycles. The number of ether oxygens (including phenoxy) is 1. The maximum absolute atomic E-state index is 13.2. The number of H-pyrrole nitrogens is 1. The van der Waals surface area contributed by atoms with Crippen molar-refractivity contribution in [2.75, 3.05) is 6.54 Å². The van der Waals surface area contributed by atoms with Crippen LogP contribution in [0.3, 0.4) is 0 Å². The molecule has 1 amide bonds. The van der Waals surface area contributed by atoms with Crippen LogP contribution in [0.15, 0.2) is 120 Å². The third-order valence-electron chi connectivity index (χ3n) is 7.17. The minimum absolute atomic E-state index is 0.201. The number of nitrogens with zero attached hydrogens (tertiary/aromatic N) is 2. The van der Waals surface area contributed by atoms with Crippen LogP contribution in [0.25, 0.3) is 10.9 Å². The average Bonchev–Trinajstić information content (AvgIpc) is 3.67. The quantitative estimate of drug-likeness (QED) is 0.161. The standard InChI is InChI=1S/C35H31FN4O3/c36-28-15-13-25(14-16-28)20-38-35(41)33-24-42-34(39-33)23-40(18-17-27-21-37-32-12-5-4-11-31(27)32)22-26-7-6-10-30(19-26)43-29-8-2-1-3-9-29/h1-16,19,21,24,37H,17-18,20,22-23H2,(H,38,41). The number of nitrogens with one attached hydrogen (secondary N) is 2. The highest BCUT2D eigenvalue weighted by Gasteiger charge is 2.17. The minimum atomic E-state index is -0.351. The van der Waals surface area contributed by atoms with Gasteiger partial charge in [0, 0.05) is 36.7 Å². The number of aromatic amines is 1. The maximum Gasteiger partial charge on any atom is 0.273 e. The Morgan fingerprint density at radius 1 is 0.884 bits per heavy atom. The summed E-state index contributed by atoms with van der Waals surface area (Å²) in [5.74, 6) is 1.32. The van der Waals surface area contributed by atoms with E-state index in [0.717, 1.165) is 41.1 Å². The Kier molecular flexibility index (Phi) is 8.56. The van der Waals surface area contributed by atoms with E-state index in [9.17, 15) is 9.18 Å². The zero-order valence-corrected chi connectivity index (χ0v) is 23.5. The number of fused-ring (bicyclic) bond motifs is 1. The topological polar surface area (TPSA) is 83.4 Å². The monoisotopic (exact) mass is 574 g/mol. The molecule has 0 aliphatic heterocycles. The molecule has 0 aliphatic rings. The van der Waals surface area contributed by atoms with E-state index in [2.05, 4.69) is 44.6 Å². The zero-order chi connectivity index (χ0) is 29.4. The van der Waals surface area contributed by atoms with Gasteiger partial charge < -0.3 is 19.5 Å². The molecule has 2 aromatic heterocycles. The molecule has 0 atom stereocenters. The molecular weight excluding hydrogens is 543 g/mol. The molecule has 216 valence electrons. The average molecular weight is 575 g/mol. The number of amides is 1. The minimum Gasteiger partial charge on any atom is -0.457 e.